The van der Waals surface area contributed by atoms with Crippen LogP contribution in [0.5, 0.6) is 0 Å². The van der Waals surface area contributed by atoms with E-state index in [2.05, 4.69) is 51.4 Å². The zero-order valence-corrected chi connectivity index (χ0v) is 12.2. The summed E-state index contributed by atoms with van der Waals surface area (Å²) < 4.78 is 0. The molecule has 0 saturated carbocycles. The quantitative estimate of drug-likeness (QED) is 0.838. The van der Waals surface area contributed by atoms with E-state index in [-0.39, 0.29) is 0 Å². The number of nitrogens with zero attached hydrogens (tertiary/aromatic N) is 3. The van der Waals surface area contributed by atoms with E-state index in [9.17, 15) is 0 Å². The molecule has 4 nitrogen and oxygen atoms in total. The van der Waals surface area contributed by atoms with E-state index in [4.69, 9.17) is 0 Å². The van der Waals surface area contributed by atoms with Crippen LogP contribution in [0.1, 0.15) is 18.1 Å². The topological polar surface area (TPSA) is 41.1 Å². The van der Waals surface area contributed by atoms with E-state index in [0.717, 1.165) is 37.6 Å². The van der Waals surface area contributed by atoms with Crippen LogP contribution in [0, 0.1) is 0 Å². The Morgan fingerprint density at radius 2 is 1.75 bits per heavy atom. The molecule has 0 spiro atoms. The van der Waals surface area contributed by atoms with E-state index in [1.54, 1.807) is 0 Å². The molecule has 0 aliphatic rings. The molecule has 2 rings (SSSR count). The number of hydrogen-bond donors (Lipinski definition) is 1. The van der Waals surface area contributed by atoms with Crippen molar-refractivity contribution in [2.45, 2.75) is 19.9 Å². The van der Waals surface area contributed by atoms with Crippen molar-refractivity contribution in [1.29, 1.82) is 0 Å². The largest absolute Gasteiger partial charge is 0.344 e. The second-order valence-corrected chi connectivity index (χ2v) is 4.83. The molecular weight excluding hydrogens is 248 g/mol. The van der Waals surface area contributed by atoms with Gasteiger partial charge in [-0.3, -0.25) is 0 Å². The molecule has 4 heteroatoms. The molecule has 0 bridgehead atoms. The van der Waals surface area contributed by atoms with Gasteiger partial charge < -0.3 is 10.2 Å². The lowest BCUT2D eigenvalue weighted by atomic mass is 10.1. The Labute approximate surface area is 120 Å². The van der Waals surface area contributed by atoms with Crippen LogP contribution in [0.2, 0.25) is 0 Å². The van der Waals surface area contributed by atoms with Gasteiger partial charge in [0.15, 0.2) is 0 Å². The molecule has 1 aromatic carbocycles. The summed E-state index contributed by atoms with van der Waals surface area (Å²) in [7, 11) is 2.03. The fourth-order valence-electron chi connectivity index (χ4n) is 1.95. The molecule has 1 N–H and O–H groups in total. The van der Waals surface area contributed by atoms with Gasteiger partial charge in [-0.25, -0.2) is 9.97 Å². The van der Waals surface area contributed by atoms with Gasteiger partial charge in [0.2, 0.25) is 5.95 Å². The highest BCUT2D eigenvalue weighted by atomic mass is 15.2. The van der Waals surface area contributed by atoms with Crippen molar-refractivity contribution in [2.75, 3.05) is 25.0 Å². The van der Waals surface area contributed by atoms with Crippen LogP contribution in [0.25, 0.3) is 0 Å². The summed E-state index contributed by atoms with van der Waals surface area (Å²) >= 11 is 0. The van der Waals surface area contributed by atoms with E-state index >= 15 is 0 Å². The molecule has 1 aromatic heterocycles. The molecule has 20 heavy (non-hydrogen) atoms. The number of rotatable bonds is 7. The van der Waals surface area contributed by atoms with E-state index in [1.807, 2.05) is 25.5 Å². The lowest BCUT2D eigenvalue weighted by Crippen LogP contribution is -2.22. The predicted molar refractivity (Wildman–Crippen MR) is 82.8 cm³/mol. The maximum absolute atomic E-state index is 4.42. The van der Waals surface area contributed by atoms with Crippen molar-refractivity contribution < 1.29 is 0 Å². The van der Waals surface area contributed by atoms with Crippen LogP contribution in [0.3, 0.4) is 0 Å². The number of aromatic nitrogens is 2. The number of benzene rings is 1. The first kappa shape index (κ1) is 14.5. The third-order valence-electron chi connectivity index (χ3n) is 3.19. The third-order valence-corrected chi connectivity index (χ3v) is 3.19. The predicted octanol–water partition coefficient (Wildman–Crippen LogP) is 2.27. The summed E-state index contributed by atoms with van der Waals surface area (Å²) in [5, 5.41) is 3.27. The Kier molecular flexibility index (Phi) is 5.50. The zero-order chi connectivity index (χ0) is 14.2. The van der Waals surface area contributed by atoms with Crippen molar-refractivity contribution in [1.82, 2.24) is 15.3 Å². The summed E-state index contributed by atoms with van der Waals surface area (Å²) in [5.41, 5.74) is 2.45. The maximum Gasteiger partial charge on any atom is 0.225 e. The minimum absolute atomic E-state index is 0.779. The summed E-state index contributed by atoms with van der Waals surface area (Å²) in [4.78, 5) is 10.9. The molecule has 0 saturated heterocycles. The van der Waals surface area contributed by atoms with Gasteiger partial charge in [0, 0.05) is 38.1 Å². The van der Waals surface area contributed by atoms with Crippen LogP contribution in [0.15, 0.2) is 42.7 Å². The van der Waals surface area contributed by atoms with Crippen LogP contribution < -0.4 is 10.2 Å². The Morgan fingerprint density at radius 1 is 1.05 bits per heavy atom. The Balaban J connectivity index is 1.87. The maximum atomic E-state index is 4.42. The molecule has 0 amide bonds. The summed E-state index contributed by atoms with van der Waals surface area (Å²) in [6, 6.07) is 10.5. The van der Waals surface area contributed by atoms with E-state index in [0.29, 0.717) is 0 Å². The normalized spacial score (nSPS) is 10.5. The van der Waals surface area contributed by atoms with Crippen LogP contribution in [-0.4, -0.2) is 30.1 Å². The molecule has 0 unspecified atom stereocenters. The molecule has 0 fully saturated rings. The van der Waals surface area contributed by atoms with Crippen LogP contribution >= 0.6 is 0 Å². The minimum atomic E-state index is 0.779. The zero-order valence-electron chi connectivity index (χ0n) is 12.2. The van der Waals surface area contributed by atoms with Gasteiger partial charge in [0.05, 0.1) is 0 Å². The monoisotopic (exact) mass is 270 g/mol. The van der Waals surface area contributed by atoms with E-state index < -0.39 is 0 Å². The first-order chi connectivity index (χ1) is 9.79. The lowest BCUT2D eigenvalue weighted by Gasteiger charge is -2.17. The fourth-order valence-corrected chi connectivity index (χ4v) is 1.95. The van der Waals surface area contributed by atoms with Crippen molar-refractivity contribution >= 4 is 5.95 Å². The van der Waals surface area contributed by atoms with Gasteiger partial charge in [0.25, 0.3) is 0 Å². The standard InChI is InChI=1S/C16H22N4/c1-3-17-11-15-12-18-16(19-13-15)20(2)10-9-14-7-5-4-6-8-14/h4-8,12-13,17H,3,9-11H2,1-2H3. The number of likely N-dealkylation sites (N-methyl/N-ethyl adjacent to an activating group) is 1. The van der Waals surface area contributed by atoms with Crippen LogP contribution in [-0.2, 0) is 13.0 Å². The van der Waals surface area contributed by atoms with Crippen molar-refractivity contribution in [3.8, 4) is 0 Å². The van der Waals surface area contributed by atoms with Gasteiger partial charge in [-0.15, -0.1) is 0 Å². The van der Waals surface area contributed by atoms with Crippen molar-refractivity contribution in [3.05, 3.63) is 53.9 Å². The number of anilines is 1. The van der Waals surface area contributed by atoms with Gasteiger partial charge in [-0.05, 0) is 18.5 Å². The first-order valence-electron chi connectivity index (χ1n) is 7.06. The lowest BCUT2D eigenvalue weighted by molar-refractivity contribution is 0.719. The first-order valence-corrected chi connectivity index (χ1v) is 7.06. The highest BCUT2D eigenvalue weighted by Gasteiger charge is 2.04. The van der Waals surface area contributed by atoms with Crippen molar-refractivity contribution in [3.63, 3.8) is 0 Å². The molecule has 1 heterocycles. The summed E-state index contributed by atoms with van der Waals surface area (Å²) in [5.74, 6) is 0.779. The minimum Gasteiger partial charge on any atom is -0.344 e. The average Bonchev–Trinajstić information content (AvgIpc) is 2.52. The molecule has 0 aliphatic heterocycles. The third kappa shape index (κ3) is 4.31. The molecule has 0 radical (unpaired) electrons. The number of hydrogen-bond acceptors (Lipinski definition) is 4. The Bertz CT molecular complexity index is 496. The average molecular weight is 270 g/mol. The number of nitrogens with one attached hydrogen (secondary N) is 1. The van der Waals surface area contributed by atoms with Gasteiger partial charge in [-0.2, -0.15) is 0 Å². The SMILES string of the molecule is CCNCc1cnc(N(C)CCc2ccccc2)nc1. The second-order valence-electron chi connectivity index (χ2n) is 4.83. The van der Waals surface area contributed by atoms with E-state index in [1.165, 1.54) is 5.56 Å². The Hall–Kier alpha value is -1.94. The molecule has 106 valence electrons. The summed E-state index contributed by atoms with van der Waals surface area (Å²) in [6.45, 7) is 4.78. The highest BCUT2D eigenvalue weighted by molar-refractivity contribution is 5.29. The van der Waals surface area contributed by atoms with Crippen LogP contribution in [0.4, 0.5) is 5.95 Å². The van der Waals surface area contributed by atoms with Gasteiger partial charge in [0.1, 0.15) is 0 Å². The summed E-state index contributed by atoms with van der Waals surface area (Å²) in [6.07, 6.45) is 4.79. The molecule has 0 atom stereocenters. The molecule has 2 aromatic rings. The smallest absolute Gasteiger partial charge is 0.225 e. The highest BCUT2D eigenvalue weighted by Crippen LogP contribution is 2.07. The fraction of sp³-hybridized carbons (Fsp3) is 0.375. The second kappa shape index (κ2) is 7.60. The Morgan fingerprint density at radius 3 is 2.40 bits per heavy atom. The van der Waals surface area contributed by atoms with Gasteiger partial charge in [-0.1, -0.05) is 37.3 Å². The van der Waals surface area contributed by atoms with Gasteiger partial charge >= 0.3 is 0 Å². The van der Waals surface area contributed by atoms with Crippen molar-refractivity contribution in [2.24, 2.45) is 0 Å². The molecular formula is C16H22N4. The molecule has 0 aliphatic carbocycles.